The van der Waals surface area contributed by atoms with Crippen molar-refractivity contribution in [3.05, 3.63) is 24.3 Å². The molecule has 0 aromatic heterocycles. The number of nitrogens with two attached hydrogens (primary N) is 1. The van der Waals surface area contributed by atoms with Gasteiger partial charge in [0.15, 0.2) is 0 Å². The number of hydrogen-bond acceptors (Lipinski definition) is 3. The van der Waals surface area contributed by atoms with Gasteiger partial charge in [0.1, 0.15) is 0 Å². The lowest BCUT2D eigenvalue weighted by molar-refractivity contribution is -0.116. The molecular formula is C14H23N3O. The van der Waals surface area contributed by atoms with Crippen LogP contribution in [0.2, 0.25) is 0 Å². The molecule has 0 saturated heterocycles. The summed E-state index contributed by atoms with van der Waals surface area (Å²) in [6, 6.07) is 7.74. The van der Waals surface area contributed by atoms with Gasteiger partial charge in [-0.05, 0) is 32.4 Å². The SMILES string of the molecule is CN(C)c1ccccc1NC(=O)CCC(C)(C)N. The van der Waals surface area contributed by atoms with Crippen LogP contribution in [0.1, 0.15) is 26.7 Å². The summed E-state index contributed by atoms with van der Waals surface area (Å²) in [5.41, 5.74) is 7.39. The fourth-order valence-corrected chi connectivity index (χ4v) is 1.62. The lowest BCUT2D eigenvalue weighted by Gasteiger charge is -2.20. The largest absolute Gasteiger partial charge is 0.376 e. The van der Waals surface area contributed by atoms with Gasteiger partial charge in [-0.25, -0.2) is 0 Å². The highest BCUT2D eigenvalue weighted by Crippen LogP contribution is 2.23. The summed E-state index contributed by atoms with van der Waals surface area (Å²) in [6.07, 6.45) is 1.11. The third-order valence-electron chi connectivity index (χ3n) is 2.66. The van der Waals surface area contributed by atoms with E-state index in [2.05, 4.69) is 5.32 Å². The van der Waals surface area contributed by atoms with E-state index in [4.69, 9.17) is 5.73 Å². The van der Waals surface area contributed by atoms with Crippen molar-refractivity contribution in [1.82, 2.24) is 0 Å². The second-order valence-corrected chi connectivity index (χ2v) is 5.45. The fraction of sp³-hybridized carbons (Fsp3) is 0.500. The maximum absolute atomic E-state index is 11.8. The number of carbonyl (C=O) groups is 1. The zero-order valence-electron chi connectivity index (χ0n) is 11.7. The zero-order chi connectivity index (χ0) is 13.8. The van der Waals surface area contributed by atoms with E-state index in [1.807, 2.05) is 57.1 Å². The second kappa shape index (κ2) is 5.87. The van der Waals surface area contributed by atoms with Crippen LogP contribution in [-0.2, 0) is 4.79 Å². The quantitative estimate of drug-likeness (QED) is 0.841. The molecule has 3 N–H and O–H groups in total. The molecule has 0 aliphatic heterocycles. The van der Waals surface area contributed by atoms with Gasteiger partial charge in [0.2, 0.25) is 5.91 Å². The van der Waals surface area contributed by atoms with Crippen LogP contribution in [0, 0.1) is 0 Å². The van der Waals surface area contributed by atoms with E-state index < -0.39 is 0 Å². The molecule has 0 atom stereocenters. The average Bonchev–Trinajstić information content (AvgIpc) is 2.26. The Balaban J connectivity index is 2.65. The topological polar surface area (TPSA) is 58.4 Å². The highest BCUT2D eigenvalue weighted by atomic mass is 16.1. The van der Waals surface area contributed by atoms with Crippen LogP contribution >= 0.6 is 0 Å². The molecule has 4 heteroatoms. The molecule has 0 heterocycles. The Morgan fingerprint density at radius 1 is 1.33 bits per heavy atom. The van der Waals surface area contributed by atoms with Crippen molar-refractivity contribution in [2.45, 2.75) is 32.2 Å². The monoisotopic (exact) mass is 249 g/mol. The van der Waals surface area contributed by atoms with E-state index in [0.29, 0.717) is 12.8 Å². The van der Waals surface area contributed by atoms with Crippen LogP contribution in [0.3, 0.4) is 0 Å². The summed E-state index contributed by atoms with van der Waals surface area (Å²) in [6.45, 7) is 3.85. The summed E-state index contributed by atoms with van der Waals surface area (Å²) < 4.78 is 0. The number of hydrogen-bond donors (Lipinski definition) is 2. The molecule has 4 nitrogen and oxygen atoms in total. The second-order valence-electron chi connectivity index (χ2n) is 5.45. The molecule has 0 saturated carbocycles. The third kappa shape index (κ3) is 4.75. The first kappa shape index (κ1) is 14.5. The van der Waals surface area contributed by atoms with Crippen LogP contribution in [0.4, 0.5) is 11.4 Å². The third-order valence-corrected chi connectivity index (χ3v) is 2.66. The molecule has 0 spiro atoms. The molecule has 0 radical (unpaired) electrons. The molecule has 1 amide bonds. The number of anilines is 2. The number of para-hydroxylation sites is 2. The van der Waals surface area contributed by atoms with E-state index in [1.165, 1.54) is 0 Å². The van der Waals surface area contributed by atoms with Gasteiger partial charge in [0, 0.05) is 26.1 Å². The van der Waals surface area contributed by atoms with E-state index in [9.17, 15) is 4.79 Å². The van der Waals surface area contributed by atoms with Crippen molar-refractivity contribution in [2.75, 3.05) is 24.3 Å². The Morgan fingerprint density at radius 2 is 1.94 bits per heavy atom. The molecular weight excluding hydrogens is 226 g/mol. The van der Waals surface area contributed by atoms with Gasteiger partial charge in [-0.3, -0.25) is 4.79 Å². The van der Waals surface area contributed by atoms with Crippen molar-refractivity contribution >= 4 is 17.3 Å². The molecule has 1 rings (SSSR count). The first-order valence-electron chi connectivity index (χ1n) is 6.15. The Hall–Kier alpha value is -1.55. The molecule has 100 valence electrons. The molecule has 0 bridgehead atoms. The van der Waals surface area contributed by atoms with E-state index >= 15 is 0 Å². The summed E-state index contributed by atoms with van der Waals surface area (Å²) in [4.78, 5) is 13.8. The Morgan fingerprint density at radius 3 is 2.50 bits per heavy atom. The molecule has 1 aromatic rings. The van der Waals surface area contributed by atoms with E-state index in [-0.39, 0.29) is 11.4 Å². The lowest BCUT2D eigenvalue weighted by atomic mass is 10.00. The summed E-state index contributed by atoms with van der Waals surface area (Å²) >= 11 is 0. The first-order valence-corrected chi connectivity index (χ1v) is 6.15. The zero-order valence-corrected chi connectivity index (χ0v) is 11.7. The number of rotatable bonds is 5. The van der Waals surface area contributed by atoms with E-state index in [0.717, 1.165) is 11.4 Å². The van der Waals surface area contributed by atoms with Gasteiger partial charge in [0.05, 0.1) is 11.4 Å². The van der Waals surface area contributed by atoms with Crippen LogP contribution in [-0.4, -0.2) is 25.5 Å². The van der Waals surface area contributed by atoms with Gasteiger partial charge in [-0.2, -0.15) is 0 Å². The van der Waals surface area contributed by atoms with Crippen LogP contribution in [0.25, 0.3) is 0 Å². The minimum absolute atomic E-state index is 0.00262. The van der Waals surface area contributed by atoms with Crippen molar-refractivity contribution < 1.29 is 4.79 Å². The minimum Gasteiger partial charge on any atom is -0.376 e. The number of nitrogens with one attached hydrogen (secondary N) is 1. The lowest BCUT2D eigenvalue weighted by Crippen LogP contribution is -2.33. The number of nitrogens with zero attached hydrogens (tertiary/aromatic N) is 1. The van der Waals surface area contributed by atoms with Crippen LogP contribution in [0.15, 0.2) is 24.3 Å². The maximum atomic E-state index is 11.8. The number of benzene rings is 1. The predicted molar refractivity (Wildman–Crippen MR) is 76.9 cm³/mol. The molecule has 0 fully saturated rings. The number of amides is 1. The highest BCUT2D eigenvalue weighted by molar-refractivity contribution is 5.94. The molecule has 0 unspecified atom stereocenters. The Kier molecular flexibility index (Phi) is 4.73. The fourth-order valence-electron chi connectivity index (χ4n) is 1.62. The first-order chi connectivity index (χ1) is 8.29. The Bertz CT molecular complexity index is 408. The summed E-state index contributed by atoms with van der Waals surface area (Å²) in [7, 11) is 3.90. The van der Waals surface area contributed by atoms with Crippen LogP contribution < -0.4 is 16.0 Å². The van der Waals surface area contributed by atoms with Crippen molar-refractivity contribution in [1.29, 1.82) is 0 Å². The smallest absolute Gasteiger partial charge is 0.224 e. The van der Waals surface area contributed by atoms with Crippen molar-refractivity contribution in [2.24, 2.45) is 5.73 Å². The van der Waals surface area contributed by atoms with Crippen molar-refractivity contribution in [3.63, 3.8) is 0 Å². The minimum atomic E-state index is -0.307. The molecule has 18 heavy (non-hydrogen) atoms. The van der Waals surface area contributed by atoms with Gasteiger partial charge >= 0.3 is 0 Å². The van der Waals surface area contributed by atoms with E-state index in [1.54, 1.807) is 0 Å². The predicted octanol–water partition coefficient (Wildman–Crippen LogP) is 2.21. The van der Waals surface area contributed by atoms with Crippen LogP contribution in [0.5, 0.6) is 0 Å². The molecule has 0 aliphatic carbocycles. The average molecular weight is 249 g/mol. The molecule has 0 aliphatic rings. The normalized spacial score (nSPS) is 11.2. The van der Waals surface area contributed by atoms with Crippen molar-refractivity contribution in [3.8, 4) is 0 Å². The maximum Gasteiger partial charge on any atom is 0.224 e. The van der Waals surface area contributed by atoms with Gasteiger partial charge in [-0.1, -0.05) is 12.1 Å². The van der Waals surface area contributed by atoms with Gasteiger partial charge in [-0.15, -0.1) is 0 Å². The summed E-state index contributed by atoms with van der Waals surface area (Å²) in [5.74, 6) is 0.00262. The van der Waals surface area contributed by atoms with Gasteiger partial charge < -0.3 is 16.0 Å². The van der Waals surface area contributed by atoms with Gasteiger partial charge in [0.25, 0.3) is 0 Å². The Labute approximate surface area is 109 Å². The highest BCUT2D eigenvalue weighted by Gasteiger charge is 2.14. The standard InChI is InChI=1S/C14H23N3O/c1-14(2,15)10-9-13(18)16-11-7-5-6-8-12(11)17(3)4/h5-8H,9-10,15H2,1-4H3,(H,16,18). The molecule has 1 aromatic carbocycles. The summed E-state index contributed by atoms with van der Waals surface area (Å²) in [5, 5.41) is 2.93. The number of carbonyl (C=O) groups excluding carboxylic acids is 1.